The molecule has 0 saturated heterocycles. The first-order valence-corrected chi connectivity index (χ1v) is 8.76. The number of nitrogens with one attached hydrogen (secondary N) is 1. The number of ether oxygens (including phenoxy) is 1. The Hall–Kier alpha value is -0.910. The van der Waals surface area contributed by atoms with E-state index < -0.39 is 10.0 Å². The van der Waals surface area contributed by atoms with E-state index in [1.54, 1.807) is 0 Å². The van der Waals surface area contributed by atoms with E-state index in [0.29, 0.717) is 6.54 Å². The molecule has 1 rings (SSSR count). The molecule has 0 spiro atoms. The molecule has 0 aliphatic heterocycles. The number of nitrogens with two attached hydrogens (primary N) is 1. The van der Waals surface area contributed by atoms with E-state index in [2.05, 4.69) is 16.6 Å². The van der Waals surface area contributed by atoms with Crippen molar-refractivity contribution in [1.82, 2.24) is 4.72 Å². The van der Waals surface area contributed by atoms with Gasteiger partial charge < -0.3 is 10.5 Å². The maximum absolute atomic E-state index is 11.7. The standard InChI is InChI=1S/C13H20N2O3S2/c1-11(2)18-8-9-20(16,17)15-10-13-6-5-12(19-13)4-3-7-14/h5-6,11,15H,7-10,14H2,1-2H3. The summed E-state index contributed by atoms with van der Waals surface area (Å²) < 4.78 is 31.2. The van der Waals surface area contributed by atoms with Gasteiger partial charge in [0.25, 0.3) is 0 Å². The number of sulfonamides is 1. The van der Waals surface area contributed by atoms with Gasteiger partial charge in [-0.2, -0.15) is 0 Å². The third-order valence-corrected chi connectivity index (χ3v) is 4.53. The van der Waals surface area contributed by atoms with Gasteiger partial charge in [-0.3, -0.25) is 0 Å². The predicted octanol–water partition coefficient (Wildman–Crippen LogP) is 0.903. The third kappa shape index (κ3) is 7.03. The Labute approximate surface area is 124 Å². The molecule has 7 heteroatoms. The van der Waals surface area contributed by atoms with Gasteiger partial charge in [-0.05, 0) is 26.0 Å². The van der Waals surface area contributed by atoms with Crippen LogP contribution in [0.1, 0.15) is 23.6 Å². The minimum atomic E-state index is -3.31. The molecule has 0 amide bonds. The van der Waals surface area contributed by atoms with Gasteiger partial charge in [0, 0.05) is 11.4 Å². The first-order valence-electron chi connectivity index (χ1n) is 6.29. The molecule has 0 unspecified atom stereocenters. The minimum Gasteiger partial charge on any atom is -0.378 e. The number of rotatable bonds is 7. The first-order chi connectivity index (χ1) is 9.43. The Kier molecular flexibility index (Phi) is 7.19. The summed E-state index contributed by atoms with van der Waals surface area (Å²) in [6, 6.07) is 3.72. The quantitative estimate of drug-likeness (QED) is 0.733. The predicted molar refractivity (Wildman–Crippen MR) is 82.0 cm³/mol. The second-order valence-corrected chi connectivity index (χ2v) is 7.43. The van der Waals surface area contributed by atoms with Crippen molar-refractivity contribution in [3.8, 4) is 11.8 Å². The SMILES string of the molecule is CC(C)OCCS(=O)(=O)NCc1ccc(C#CCN)s1. The Morgan fingerprint density at radius 1 is 1.45 bits per heavy atom. The van der Waals surface area contributed by atoms with Gasteiger partial charge >= 0.3 is 0 Å². The van der Waals surface area contributed by atoms with E-state index in [1.807, 2.05) is 26.0 Å². The molecule has 3 N–H and O–H groups in total. The zero-order chi connectivity index (χ0) is 15.0. The summed E-state index contributed by atoms with van der Waals surface area (Å²) in [4.78, 5) is 1.80. The Morgan fingerprint density at radius 2 is 2.20 bits per heavy atom. The molecule has 20 heavy (non-hydrogen) atoms. The van der Waals surface area contributed by atoms with Gasteiger partial charge in [0.2, 0.25) is 10.0 Å². The Morgan fingerprint density at radius 3 is 2.85 bits per heavy atom. The summed E-state index contributed by atoms with van der Waals surface area (Å²) in [6.07, 6.45) is 0.0335. The van der Waals surface area contributed by atoms with Crippen molar-refractivity contribution in [3.63, 3.8) is 0 Å². The fourth-order valence-electron chi connectivity index (χ4n) is 1.33. The van der Waals surface area contributed by atoms with Crippen molar-refractivity contribution in [2.24, 2.45) is 5.73 Å². The van der Waals surface area contributed by atoms with Crippen LogP contribution < -0.4 is 10.5 Å². The lowest BCUT2D eigenvalue weighted by atomic mass is 10.4. The molecule has 1 aromatic heterocycles. The molecule has 5 nitrogen and oxygen atoms in total. The summed E-state index contributed by atoms with van der Waals surface area (Å²) in [6.45, 7) is 4.53. The van der Waals surface area contributed by atoms with E-state index in [0.717, 1.165) is 9.75 Å². The van der Waals surface area contributed by atoms with Crippen molar-refractivity contribution in [3.05, 3.63) is 21.9 Å². The molecule has 112 valence electrons. The number of hydrogen-bond donors (Lipinski definition) is 2. The summed E-state index contributed by atoms with van der Waals surface area (Å²) in [5.41, 5.74) is 5.29. The van der Waals surface area contributed by atoms with Gasteiger partial charge in [0.1, 0.15) is 0 Å². The van der Waals surface area contributed by atoms with Gasteiger partial charge in [-0.15, -0.1) is 11.3 Å². The molecule has 0 bridgehead atoms. The van der Waals surface area contributed by atoms with Crippen LogP contribution in [0.25, 0.3) is 0 Å². The smallest absolute Gasteiger partial charge is 0.214 e. The van der Waals surface area contributed by atoms with Crippen LogP contribution in [-0.4, -0.2) is 33.4 Å². The molecule has 0 aliphatic carbocycles. The van der Waals surface area contributed by atoms with Crippen LogP contribution in [0.3, 0.4) is 0 Å². The van der Waals surface area contributed by atoms with E-state index in [1.165, 1.54) is 11.3 Å². The fourth-order valence-corrected chi connectivity index (χ4v) is 3.07. The summed E-state index contributed by atoms with van der Waals surface area (Å²) in [5, 5.41) is 0. The van der Waals surface area contributed by atoms with Crippen LogP contribution in [-0.2, 0) is 21.3 Å². The maximum atomic E-state index is 11.7. The average Bonchev–Trinajstić information content (AvgIpc) is 2.81. The largest absolute Gasteiger partial charge is 0.378 e. The molecule has 0 aromatic carbocycles. The summed E-state index contributed by atoms with van der Waals surface area (Å²) >= 11 is 1.45. The third-order valence-electron chi connectivity index (χ3n) is 2.24. The zero-order valence-corrected chi connectivity index (χ0v) is 13.3. The highest BCUT2D eigenvalue weighted by Crippen LogP contribution is 2.15. The molecule has 0 atom stereocenters. The van der Waals surface area contributed by atoms with Crippen LogP contribution >= 0.6 is 11.3 Å². The van der Waals surface area contributed by atoms with Crippen LogP contribution in [0.4, 0.5) is 0 Å². The molecule has 0 radical (unpaired) electrons. The molecule has 1 heterocycles. The lowest BCUT2D eigenvalue weighted by Gasteiger charge is -2.08. The van der Waals surface area contributed by atoms with E-state index in [9.17, 15) is 8.42 Å². The topological polar surface area (TPSA) is 81.4 Å². The van der Waals surface area contributed by atoms with Crippen molar-refractivity contribution in [2.75, 3.05) is 18.9 Å². The molecule has 0 saturated carbocycles. The van der Waals surface area contributed by atoms with Crippen molar-refractivity contribution in [1.29, 1.82) is 0 Å². The Balaban J connectivity index is 2.43. The summed E-state index contributed by atoms with van der Waals surface area (Å²) in [5.74, 6) is 5.65. The second-order valence-electron chi connectivity index (χ2n) is 4.33. The second kappa shape index (κ2) is 8.39. The fraction of sp³-hybridized carbons (Fsp3) is 0.538. The molecule has 0 fully saturated rings. The van der Waals surface area contributed by atoms with Crippen LogP contribution in [0, 0.1) is 11.8 Å². The van der Waals surface area contributed by atoms with Crippen molar-refractivity contribution >= 4 is 21.4 Å². The molecular weight excluding hydrogens is 296 g/mol. The van der Waals surface area contributed by atoms with Crippen molar-refractivity contribution < 1.29 is 13.2 Å². The zero-order valence-electron chi connectivity index (χ0n) is 11.7. The van der Waals surface area contributed by atoms with Gasteiger partial charge in [-0.25, -0.2) is 13.1 Å². The van der Waals surface area contributed by atoms with E-state index in [4.69, 9.17) is 10.5 Å². The van der Waals surface area contributed by atoms with E-state index in [-0.39, 0.29) is 25.0 Å². The van der Waals surface area contributed by atoms with Gasteiger partial charge in [0.05, 0.1) is 29.9 Å². The first kappa shape index (κ1) is 17.1. The van der Waals surface area contributed by atoms with Crippen LogP contribution in [0.5, 0.6) is 0 Å². The number of hydrogen-bond acceptors (Lipinski definition) is 5. The van der Waals surface area contributed by atoms with Crippen molar-refractivity contribution in [2.45, 2.75) is 26.5 Å². The average molecular weight is 316 g/mol. The summed E-state index contributed by atoms with van der Waals surface area (Å²) in [7, 11) is -3.31. The van der Waals surface area contributed by atoms with Crippen LogP contribution in [0.2, 0.25) is 0 Å². The monoisotopic (exact) mass is 316 g/mol. The normalized spacial score (nSPS) is 11.4. The Bertz CT molecular complexity index is 568. The van der Waals surface area contributed by atoms with Gasteiger partial charge in [-0.1, -0.05) is 11.8 Å². The highest BCUT2D eigenvalue weighted by atomic mass is 32.2. The minimum absolute atomic E-state index is 0.0314. The lowest BCUT2D eigenvalue weighted by molar-refractivity contribution is 0.0911. The van der Waals surface area contributed by atoms with Gasteiger partial charge in [0.15, 0.2) is 0 Å². The highest BCUT2D eigenvalue weighted by molar-refractivity contribution is 7.89. The maximum Gasteiger partial charge on any atom is 0.214 e. The molecule has 1 aromatic rings. The lowest BCUT2D eigenvalue weighted by Crippen LogP contribution is -2.28. The van der Waals surface area contributed by atoms with E-state index >= 15 is 0 Å². The molecule has 0 aliphatic rings. The highest BCUT2D eigenvalue weighted by Gasteiger charge is 2.11. The molecular formula is C13H20N2O3S2. The number of thiophene rings is 1. The van der Waals surface area contributed by atoms with Crippen LogP contribution in [0.15, 0.2) is 12.1 Å².